The van der Waals surface area contributed by atoms with E-state index in [9.17, 15) is 22.8 Å². The monoisotopic (exact) mass is 369 g/mol. The lowest BCUT2D eigenvalue weighted by molar-refractivity contribution is -0.137. The third-order valence-corrected chi connectivity index (χ3v) is 5.27. The molecule has 3 rings (SSSR count). The minimum atomic E-state index is -4.59. The number of carbonyl (C=O) groups is 2. The Kier molecular flexibility index (Phi) is 4.96. The van der Waals surface area contributed by atoms with Crippen molar-refractivity contribution in [2.24, 2.45) is 5.41 Å². The summed E-state index contributed by atoms with van der Waals surface area (Å²) in [6, 6.07) is 3.00. The molecule has 0 saturated carbocycles. The van der Waals surface area contributed by atoms with Gasteiger partial charge in [-0.15, -0.1) is 0 Å². The summed E-state index contributed by atoms with van der Waals surface area (Å²) in [7, 11) is 0. The van der Waals surface area contributed by atoms with E-state index in [4.69, 9.17) is 0 Å². The van der Waals surface area contributed by atoms with Gasteiger partial charge in [0.05, 0.1) is 5.56 Å². The Hall–Kier alpha value is -2.09. The second kappa shape index (κ2) is 6.90. The van der Waals surface area contributed by atoms with E-state index >= 15 is 0 Å². The average Bonchev–Trinajstić information content (AvgIpc) is 3.01. The Morgan fingerprint density at radius 3 is 2.38 bits per heavy atom. The van der Waals surface area contributed by atoms with Crippen molar-refractivity contribution in [1.29, 1.82) is 0 Å². The number of nitrogens with zero attached hydrogens (tertiary/aromatic N) is 1. The van der Waals surface area contributed by atoms with Crippen molar-refractivity contribution in [1.82, 2.24) is 10.2 Å². The van der Waals surface area contributed by atoms with Crippen molar-refractivity contribution in [2.45, 2.75) is 32.4 Å². The quantitative estimate of drug-likeness (QED) is 0.843. The van der Waals surface area contributed by atoms with Gasteiger partial charge in [0.1, 0.15) is 0 Å². The molecule has 2 aliphatic rings. The van der Waals surface area contributed by atoms with Gasteiger partial charge < -0.3 is 15.5 Å². The zero-order chi connectivity index (χ0) is 18.9. The molecule has 2 saturated heterocycles. The molecule has 2 aliphatic heterocycles. The number of alkyl halides is 3. The molecule has 2 fully saturated rings. The lowest BCUT2D eigenvalue weighted by Crippen LogP contribution is -2.44. The third-order valence-electron chi connectivity index (χ3n) is 5.27. The summed E-state index contributed by atoms with van der Waals surface area (Å²) in [5, 5.41) is 5.68. The molecule has 1 aromatic carbocycles. The molecule has 26 heavy (non-hydrogen) atoms. The summed E-state index contributed by atoms with van der Waals surface area (Å²) in [6.07, 6.45) is -1.82. The van der Waals surface area contributed by atoms with Crippen molar-refractivity contribution >= 4 is 17.5 Å². The van der Waals surface area contributed by atoms with Crippen LogP contribution in [0.2, 0.25) is 0 Å². The number of halogens is 3. The summed E-state index contributed by atoms with van der Waals surface area (Å²) < 4.78 is 39.4. The summed E-state index contributed by atoms with van der Waals surface area (Å²) in [5.74, 6) is -0.917. The summed E-state index contributed by atoms with van der Waals surface area (Å²) in [4.78, 5) is 25.6. The fraction of sp³-hybridized carbons (Fsp3) is 0.556. The molecule has 0 aromatic heterocycles. The highest BCUT2D eigenvalue weighted by molar-refractivity contribution is 5.97. The number of benzene rings is 1. The van der Waals surface area contributed by atoms with Crippen molar-refractivity contribution in [3.8, 4) is 0 Å². The number of anilines is 1. The van der Waals surface area contributed by atoms with Gasteiger partial charge >= 0.3 is 6.18 Å². The number of amides is 2. The van der Waals surface area contributed by atoms with Gasteiger partial charge in [-0.3, -0.25) is 9.59 Å². The average molecular weight is 369 g/mol. The second-order valence-electron chi connectivity index (χ2n) is 7.20. The molecule has 2 amide bonds. The highest BCUT2D eigenvalue weighted by Crippen LogP contribution is 2.38. The SMILES string of the molecule is CC(=O)Nc1cc(C(=O)N2CCC3(CCNC3)CC2)cc(C(F)(F)F)c1. The van der Waals surface area contributed by atoms with Crippen molar-refractivity contribution < 1.29 is 22.8 Å². The first kappa shape index (κ1) is 18.7. The zero-order valence-corrected chi connectivity index (χ0v) is 14.6. The zero-order valence-electron chi connectivity index (χ0n) is 14.6. The van der Waals surface area contributed by atoms with Gasteiger partial charge in [0.15, 0.2) is 0 Å². The van der Waals surface area contributed by atoms with Crippen LogP contribution in [0.25, 0.3) is 0 Å². The van der Waals surface area contributed by atoms with E-state index in [-0.39, 0.29) is 16.7 Å². The van der Waals surface area contributed by atoms with E-state index in [2.05, 4.69) is 10.6 Å². The van der Waals surface area contributed by atoms with Gasteiger partial charge in [0.2, 0.25) is 5.91 Å². The number of carbonyl (C=O) groups excluding carboxylic acids is 2. The van der Waals surface area contributed by atoms with Crippen LogP contribution in [0.15, 0.2) is 18.2 Å². The molecule has 0 atom stereocenters. The minimum absolute atomic E-state index is 0.0239. The fourth-order valence-electron chi connectivity index (χ4n) is 3.78. The van der Waals surface area contributed by atoms with Gasteiger partial charge in [-0.1, -0.05) is 0 Å². The number of piperidine rings is 1. The molecular formula is C18H22F3N3O2. The fourth-order valence-corrected chi connectivity index (χ4v) is 3.78. The number of nitrogens with one attached hydrogen (secondary N) is 2. The molecule has 2 N–H and O–H groups in total. The second-order valence-corrected chi connectivity index (χ2v) is 7.20. The molecular weight excluding hydrogens is 347 g/mol. The molecule has 0 radical (unpaired) electrons. The van der Waals surface area contributed by atoms with Crippen LogP contribution in [0.1, 0.15) is 42.1 Å². The topological polar surface area (TPSA) is 61.4 Å². The first-order valence-corrected chi connectivity index (χ1v) is 8.68. The lowest BCUT2D eigenvalue weighted by Gasteiger charge is -2.39. The summed E-state index contributed by atoms with van der Waals surface area (Å²) in [5.41, 5.74) is -0.805. The van der Waals surface area contributed by atoms with Crippen LogP contribution < -0.4 is 10.6 Å². The molecule has 0 unspecified atom stereocenters. The first-order valence-electron chi connectivity index (χ1n) is 8.68. The van der Waals surface area contributed by atoms with E-state index in [0.717, 1.165) is 44.5 Å². The predicted octanol–water partition coefficient (Wildman–Crippen LogP) is 2.88. The predicted molar refractivity (Wildman–Crippen MR) is 90.8 cm³/mol. The van der Waals surface area contributed by atoms with Crippen LogP contribution in [0, 0.1) is 5.41 Å². The van der Waals surface area contributed by atoms with Crippen LogP contribution in [0.5, 0.6) is 0 Å². The molecule has 0 aliphatic carbocycles. The maximum absolute atomic E-state index is 13.1. The number of likely N-dealkylation sites (tertiary alicyclic amines) is 1. The van der Waals surface area contributed by atoms with Crippen LogP contribution in [-0.4, -0.2) is 42.9 Å². The maximum atomic E-state index is 13.1. The van der Waals surface area contributed by atoms with Gasteiger partial charge in [-0.2, -0.15) is 13.2 Å². The van der Waals surface area contributed by atoms with Crippen molar-refractivity contribution in [3.63, 3.8) is 0 Å². The van der Waals surface area contributed by atoms with E-state index in [1.165, 1.54) is 13.0 Å². The standard InChI is InChI=1S/C18H22F3N3O2/c1-12(25)23-15-9-13(8-14(10-15)18(19,20)21)16(26)24-6-3-17(4-7-24)2-5-22-11-17/h8-10,22H,2-7,11H2,1H3,(H,23,25). The molecule has 8 heteroatoms. The summed E-state index contributed by atoms with van der Waals surface area (Å²) in [6.45, 7) is 4.19. The Bertz CT molecular complexity index is 702. The normalized spacial score (nSPS) is 19.6. The van der Waals surface area contributed by atoms with Gasteiger partial charge in [0.25, 0.3) is 5.91 Å². The first-order chi connectivity index (χ1) is 12.2. The van der Waals surface area contributed by atoms with Crippen LogP contribution in [-0.2, 0) is 11.0 Å². The lowest BCUT2D eigenvalue weighted by atomic mass is 9.78. The number of hydrogen-bond donors (Lipinski definition) is 2. The van der Waals surface area contributed by atoms with Gasteiger partial charge in [-0.25, -0.2) is 0 Å². The van der Waals surface area contributed by atoms with Gasteiger partial charge in [-0.05, 0) is 49.4 Å². The minimum Gasteiger partial charge on any atom is -0.339 e. The molecule has 2 heterocycles. The van der Waals surface area contributed by atoms with Gasteiger partial charge in [0, 0.05) is 37.8 Å². The van der Waals surface area contributed by atoms with Crippen molar-refractivity contribution in [3.05, 3.63) is 29.3 Å². The van der Waals surface area contributed by atoms with E-state index in [1.807, 2.05) is 0 Å². The Morgan fingerprint density at radius 2 is 1.85 bits per heavy atom. The van der Waals surface area contributed by atoms with Crippen molar-refractivity contribution in [2.75, 3.05) is 31.5 Å². The smallest absolute Gasteiger partial charge is 0.339 e. The molecule has 1 aromatic rings. The van der Waals surface area contributed by atoms with E-state index in [1.54, 1.807) is 4.90 Å². The molecule has 0 bridgehead atoms. The van der Waals surface area contributed by atoms with E-state index < -0.39 is 23.6 Å². The highest BCUT2D eigenvalue weighted by Gasteiger charge is 2.38. The third kappa shape index (κ3) is 4.00. The molecule has 1 spiro atoms. The van der Waals surface area contributed by atoms with Crippen LogP contribution in [0.3, 0.4) is 0 Å². The molecule has 142 valence electrons. The maximum Gasteiger partial charge on any atom is 0.416 e. The highest BCUT2D eigenvalue weighted by atomic mass is 19.4. The number of rotatable bonds is 2. The largest absolute Gasteiger partial charge is 0.416 e. The Balaban J connectivity index is 1.81. The van der Waals surface area contributed by atoms with Crippen LogP contribution >= 0.6 is 0 Å². The Labute approximate surface area is 149 Å². The Morgan fingerprint density at radius 1 is 1.15 bits per heavy atom. The summed E-state index contributed by atoms with van der Waals surface area (Å²) >= 11 is 0. The molecule has 5 nitrogen and oxygen atoms in total. The van der Waals surface area contributed by atoms with Crippen LogP contribution in [0.4, 0.5) is 18.9 Å². The van der Waals surface area contributed by atoms with E-state index in [0.29, 0.717) is 13.1 Å². The number of hydrogen-bond acceptors (Lipinski definition) is 3.